The molecule has 0 fully saturated rings. The monoisotopic (exact) mass is 261 g/mol. The number of nitrogens with two attached hydrogens (primary N) is 1. The first-order valence-corrected chi connectivity index (χ1v) is 6.84. The lowest BCUT2D eigenvalue weighted by Gasteiger charge is -2.02. The molecule has 0 amide bonds. The SMILES string of the molecule is Cc1nc(N)sc1SCc1ccccc1C#N. The van der Waals surface area contributed by atoms with Crippen molar-refractivity contribution in [3.05, 3.63) is 41.1 Å². The minimum Gasteiger partial charge on any atom is -0.375 e. The summed E-state index contributed by atoms with van der Waals surface area (Å²) in [6, 6.07) is 9.84. The number of benzene rings is 1. The Bertz CT molecular complexity index is 569. The third kappa shape index (κ3) is 2.78. The number of aryl methyl sites for hydroxylation is 1. The number of nitrogen functional groups attached to an aromatic ring is 1. The van der Waals surface area contributed by atoms with Gasteiger partial charge in [-0.15, -0.1) is 11.8 Å². The molecule has 86 valence electrons. The van der Waals surface area contributed by atoms with Gasteiger partial charge in [-0.3, -0.25) is 0 Å². The van der Waals surface area contributed by atoms with E-state index in [1.54, 1.807) is 11.8 Å². The summed E-state index contributed by atoms with van der Waals surface area (Å²) < 4.78 is 1.12. The lowest BCUT2D eigenvalue weighted by Crippen LogP contribution is -1.86. The van der Waals surface area contributed by atoms with Crippen molar-refractivity contribution in [2.24, 2.45) is 0 Å². The molecule has 2 N–H and O–H groups in total. The number of thiazole rings is 1. The van der Waals surface area contributed by atoms with Crippen LogP contribution in [0.1, 0.15) is 16.8 Å². The lowest BCUT2D eigenvalue weighted by atomic mass is 10.1. The lowest BCUT2D eigenvalue weighted by molar-refractivity contribution is 1.21. The van der Waals surface area contributed by atoms with E-state index in [2.05, 4.69) is 11.1 Å². The van der Waals surface area contributed by atoms with Gasteiger partial charge in [-0.2, -0.15) is 5.26 Å². The van der Waals surface area contributed by atoms with E-state index >= 15 is 0 Å². The van der Waals surface area contributed by atoms with Crippen molar-refractivity contribution < 1.29 is 0 Å². The zero-order valence-electron chi connectivity index (χ0n) is 9.30. The Morgan fingerprint density at radius 1 is 1.47 bits per heavy atom. The highest BCUT2D eigenvalue weighted by molar-refractivity contribution is 8.00. The average Bonchev–Trinajstić information content (AvgIpc) is 2.65. The van der Waals surface area contributed by atoms with Gasteiger partial charge in [0.25, 0.3) is 0 Å². The molecule has 0 saturated heterocycles. The van der Waals surface area contributed by atoms with Crippen LogP contribution in [-0.4, -0.2) is 4.98 Å². The fraction of sp³-hybridized carbons (Fsp3) is 0.167. The predicted octanol–water partition coefficient (Wildman–Crippen LogP) is 3.20. The third-order valence-electron chi connectivity index (χ3n) is 2.27. The number of hydrogen-bond donors (Lipinski definition) is 1. The Morgan fingerprint density at radius 3 is 2.88 bits per heavy atom. The second-order valence-corrected chi connectivity index (χ2v) is 5.76. The van der Waals surface area contributed by atoms with Crippen molar-refractivity contribution in [2.45, 2.75) is 16.9 Å². The van der Waals surface area contributed by atoms with Crippen LogP contribution in [0.4, 0.5) is 5.13 Å². The molecule has 1 aromatic carbocycles. The highest BCUT2D eigenvalue weighted by Gasteiger charge is 2.07. The largest absolute Gasteiger partial charge is 0.375 e. The summed E-state index contributed by atoms with van der Waals surface area (Å²) in [5, 5.41) is 9.58. The molecule has 0 aliphatic carbocycles. The zero-order chi connectivity index (χ0) is 12.3. The van der Waals surface area contributed by atoms with Crippen LogP contribution in [0.15, 0.2) is 28.5 Å². The number of thioether (sulfide) groups is 1. The molecule has 0 unspecified atom stereocenters. The van der Waals surface area contributed by atoms with Gasteiger partial charge in [0.1, 0.15) is 0 Å². The summed E-state index contributed by atoms with van der Waals surface area (Å²) in [7, 11) is 0. The zero-order valence-corrected chi connectivity index (χ0v) is 10.9. The highest BCUT2D eigenvalue weighted by atomic mass is 32.2. The number of anilines is 1. The molecular weight excluding hydrogens is 250 g/mol. The number of hydrogen-bond acceptors (Lipinski definition) is 5. The summed E-state index contributed by atoms with van der Waals surface area (Å²) in [4.78, 5) is 4.18. The second-order valence-electron chi connectivity index (χ2n) is 3.48. The number of nitriles is 1. The van der Waals surface area contributed by atoms with Gasteiger partial charge in [-0.05, 0) is 18.6 Å². The second kappa shape index (κ2) is 5.21. The molecule has 0 atom stereocenters. The fourth-order valence-electron chi connectivity index (χ4n) is 1.44. The van der Waals surface area contributed by atoms with E-state index in [-0.39, 0.29) is 0 Å². The average molecular weight is 261 g/mol. The summed E-state index contributed by atoms with van der Waals surface area (Å²) in [5.74, 6) is 0.770. The fourth-order valence-corrected chi connectivity index (χ4v) is 3.46. The Hall–Kier alpha value is -1.51. The summed E-state index contributed by atoms with van der Waals surface area (Å²) >= 11 is 3.17. The minimum atomic E-state index is 0.596. The molecule has 0 radical (unpaired) electrons. The van der Waals surface area contributed by atoms with E-state index in [1.807, 2.05) is 31.2 Å². The summed E-state index contributed by atoms with van der Waals surface area (Å²) in [6.07, 6.45) is 0. The molecule has 0 spiro atoms. The molecule has 3 nitrogen and oxygen atoms in total. The standard InChI is InChI=1S/C12H11N3S2/c1-8-11(17-12(14)15-8)16-7-10-5-3-2-4-9(10)6-13/h2-5H,7H2,1H3,(H2,14,15). The number of nitrogens with zero attached hydrogens (tertiary/aromatic N) is 2. The predicted molar refractivity (Wildman–Crippen MR) is 72.0 cm³/mol. The first-order valence-electron chi connectivity index (χ1n) is 5.04. The van der Waals surface area contributed by atoms with Crippen molar-refractivity contribution in [2.75, 3.05) is 5.73 Å². The van der Waals surface area contributed by atoms with E-state index in [1.165, 1.54) is 11.3 Å². The van der Waals surface area contributed by atoms with E-state index in [0.717, 1.165) is 26.8 Å². The Morgan fingerprint density at radius 2 is 2.24 bits per heavy atom. The van der Waals surface area contributed by atoms with Crippen LogP contribution in [-0.2, 0) is 5.75 Å². The van der Waals surface area contributed by atoms with Gasteiger partial charge in [-0.25, -0.2) is 4.98 Å². The minimum absolute atomic E-state index is 0.596. The van der Waals surface area contributed by atoms with Gasteiger partial charge in [0.15, 0.2) is 5.13 Å². The highest BCUT2D eigenvalue weighted by Crippen LogP contribution is 2.33. The van der Waals surface area contributed by atoms with Crippen molar-refractivity contribution in [3.8, 4) is 6.07 Å². The molecule has 2 rings (SSSR count). The van der Waals surface area contributed by atoms with E-state index in [4.69, 9.17) is 11.0 Å². The van der Waals surface area contributed by atoms with E-state index in [9.17, 15) is 0 Å². The maximum absolute atomic E-state index is 8.99. The normalized spacial score (nSPS) is 10.1. The van der Waals surface area contributed by atoms with Gasteiger partial charge >= 0.3 is 0 Å². The van der Waals surface area contributed by atoms with Crippen LogP contribution in [0.5, 0.6) is 0 Å². The van der Waals surface area contributed by atoms with Gasteiger partial charge in [-0.1, -0.05) is 29.5 Å². The topological polar surface area (TPSA) is 62.7 Å². The Labute approximate surface area is 108 Å². The number of aromatic nitrogens is 1. The quantitative estimate of drug-likeness (QED) is 0.862. The third-order valence-corrected chi connectivity index (χ3v) is 4.66. The van der Waals surface area contributed by atoms with Gasteiger partial charge in [0.2, 0.25) is 0 Å². The van der Waals surface area contributed by atoms with Gasteiger partial charge in [0.05, 0.1) is 21.5 Å². The van der Waals surface area contributed by atoms with Crippen LogP contribution < -0.4 is 5.73 Å². The molecule has 0 saturated carbocycles. The summed E-state index contributed by atoms with van der Waals surface area (Å²) in [5.41, 5.74) is 8.39. The molecule has 2 aromatic rings. The molecule has 1 heterocycles. The molecule has 5 heteroatoms. The van der Waals surface area contributed by atoms with E-state index < -0.39 is 0 Å². The molecule has 0 aliphatic rings. The first kappa shape index (κ1) is 12.0. The van der Waals surface area contributed by atoms with Crippen molar-refractivity contribution in [3.63, 3.8) is 0 Å². The Balaban J connectivity index is 2.13. The number of rotatable bonds is 3. The van der Waals surface area contributed by atoms with E-state index in [0.29, 0.717) is 5.13 Å². The molecule has 0 aliphatic heterocycles. The summed E-state index contributed by atoms with van der Waals surface area (Å²) in [6.45, 7) is 1.95. The van der Waals surface area contributed by atoms with Crippen molar-refractivity contribution in [1.82, 2.24) is 4.98 Å². The van der Waals surface area contributed by atoms with Crippen molar-refractivity contribution in [1.29, 1.82) is 5.26 Å². The first-order chi connectivity index (χ1) is 8.20. The molecule has 17 heavy (non-hydrogen) atoms. The molecular formula is C12H11N3S2. The molecule has 1 aromatic heterocycles. The van der Waals surface area contributed by atoms with Crippen molar-refractivity contribution >= 4 is 28.2 Å². The van der Waals surface area contributed by atoms with Crippen LogP contribution in [0.25, 0.3) is 0 Å². The van der Waals surface area contributed by atoms with Crippen LogP contribution in [0.2, 0.25) is 0 Å². The van der Waals surface area contributed by atoms with Crippen LogP contribution in [0, 0.1) is 18.3 Å². The maximum Gasteiger partial charge on any atom is 0.181 e. The maximum atomic E-state index is 8.99. The van der Waals surface area contributed by atoms with Crippen LogP contribution >= 0.6 is 23.1 Å². The Kier molecular flexibility index (Phi) is 3.67. The smallest absolute Gasteiger partial charge is 0.181 e. The van der Waals surface area contributed by atoms with Gasteiger partial charge in [0, 0.05) is 5.75 Å². The molecule has 0 bridgehead atoms. The van der Waals surface area contributed by atoms with Crippen LogP contribution in [0.3, 0.4) is 0 Å². The van der Waals surface area contributed by atoms with Gasteiger partial charge < -0.3 is 5.73 Å².